The summed E-state index contributed by atoms with van der Waals surface area (Å²) in [4.78, 5) is 14.6. The molecule has 3 aromatic carbocycles. The van der Waals surface area contributed by atoms with Crippen LogP contribution in [0.3, 0.4) is 0 Å². The Kier molecular flexibility index (Phi) is 3.79. The van der Waals surface area contributed by atoms with Crippen molar-refractivity contribution in [2.45, 2.75) is 0 Å². The quantitative estimate of drug-likeness (QED) is 0.679. The van der Waals surface area contributed by atoms with Crippen molar-refractivity contribution in [2.75, 3.05) is 4.90 Å². The van der Waals surface area contributed by atoms with Crippen LogP contribution in [0.5, 0.6) is 0 Å². The van der Waals surface area contributed by atoms with E-state index < -0.39 is 0 Å². The van der Waals surface area contributed by atoms with Gasteiger partial charge in [-0.05, 0) is 36.4 Å². The molecule has 0 aromatic heterocycles. The number of hydrogen-bond acceptors (Lipinski definition) is 1. The zero-order valence-corrected chi connectivity index (χ0v) is 11.5. The second-order valence-electron chi connectivity index (χ2n) is 4.68. The van der Waals surface area contributed by atoms with E-state index in [1.807, 2.05) is 91.0 Å². The third kappa shape index (κ3) is 2.84. The lowest BCUT2D eigenvalue weighted by atomic mass is 10.1. The number of benzene rings is 3. The van der Waals surface area contributed by atoms with Gasteiger partial charge in [-0.2, -0.15) is 0 Å². The summed E-state index contributed by atoms with van der Waals surface area (Å²) in [6.07, 6.45) is 0. The molecule has 0 N–H and O–H groups in total. The topological polar surface area (TPSA) is 20.3 Å². The zero-order valence-electron chi connectivity index (χ0n) is 11.5. The van der Waals surface area contributed by atoms with Gasteiger partial charge in [-0.3, -0.25) is 9.69 Å². The molecule has 0 bridgehead atoms. The molecule has 0 spiro atoms. The number of carbonyl (C=O) groups excluding carboxylic acids is 1. The minimum absolute atomic E-state index is 0.0343. The molecule has 102 valence electrons. The van der Waals surface area contributed by atoms with Gasteiger partial charge in [-0.1, -0.05) is 54.6 Å². The average Bonchev–Trinajstić information content (AvgIpc) is 2.58. The minimum Gasteiger partial charge on any atom is -0.277 e. The lowest BCUT2D eigenvalue weighted by molar-refractivity contribution is 0.0999. The van der Waals surface area contributed by atoms with E-state index in [0.29, 0.717) is 5.56 Å². The molecule has 2 nitrogen and oxygen atoms in total. The van der Waals surface area contributed by atoms with Gasteiger partial charge in [0.15, 0.2) is 0 Å². The van der Waals surface area contributed by atoms with Crippen molar-refractivity contribution in [1.29, 1.82) is 0 Å². The second kappa shape index (κ2) is 6.06. The molecule has 0 saturated heterocycles. The van der Waals surface area contributed by atoms with E-state index in [0.717, 1.165) is 11.4 Å². The van der Waals surface area contributed by atoms with Gasteiger partial charge >= 0.3 is 0 Å². The van der Waals surface area contributed by atoms with Crippen LogP contribution in [0, 0.1) is 0 Å². The van der Waals surface area contributed by atoms with Crippen molar-refractivity contribution in [2.24, 2.45) is 0 Å². The Hall–Kier alpha value is -2.87. The van der Waals surface area contributed by atoms with Gasteiger partial charge < -0.3 is 0 Å². The molecule has 0 heterocycles. The number of amides is 1. The third-order valence-corrected chi connectivity index (χ3v) is 3.25. The number of para-hydroxylation sites is 2. The highest BCUT2D eigenvalue weighted by Crippen LogP contribution is 2.26. The van der Waals surface area contributed by atoms with Crippen LogP contribution in [-0.4, -0.2) is 5.91 Å². The predicted molar refractivity (Wildman–Crippen MR) is 85.8 cm³/mol. The van der Waals surface area contributed by atoms with Crippen LogP contribution in [0.1, 0.15) is 10.4 Å². The van der Waals surface area contributed by atoms with Gasteiger partial charge in [-0.15, -0.1) is 0 Å². The lowest BCUT2D eigenvalue weighted by Crippen LogP contribution is -2.25. The predicted octanol–water partition coefficient (Wildman–Crippen LogP) is 4.67. The van der Waals surface area contributed by atoms with Crippen molar-refractivity contribution >= 4 is 17.3 Å². The normalized spacial score (nSPS) is 10.1. The lowest BCUT2D eigenvalue weighted by Gasteiger charge is -2.23. The molecular formula is C19H15NO. The van der Waals surface area contributed by atoms with Crippen LogP contribution in [0.15, 0.2) is 91.0 Å². The van der Waals surface area contributed by atoms with E-state index >= 15 is 0 Å². The number of nitrogens with zero attached hydrogens (tertiary/aromatic N) is 1. The molecule has 0 aliphatic carbocycles. The minimum atomic E-state index is -0.0343. The van der Waals surface area contributed by atoms with Crippen LogP contribution in [0.2, 0.25) is 0 Å². The van der Waals surface area contributed by atoms with Crippen LogP contribution in [-0.2, 0) is 0 Å². The van der Waals surface area contributed by atoms with Gasteiger partial charge in [0.25, 0.3) is 5.91 Å². The van der Waals surface area contributed by atoms with Crippen LogP contribution < -0.4 is 4.90 Å². The summed E-state index contributed by atoms with van der Waals surface area (Å²) in [7, 11) is 0. The number of rotatable bonds is 3. The highest BCUT2D eigenvalue weighted by Gasteiger charge is 2.18. The standard InChI is InChI=1S/C19H15NO/c21-19(16-10-4-1-5-11-16)20(17-12-6-2-7-13-17)18-14-8-3-9-15-18/h1-15H. The van der Waals surface area contributed by atoms with Gasteiger partial charge in [0.2, 0.25) is 0 Å². The summed E-state index contributed by atoms with van der Waals surface area (Å²) in [6, 6.07) is 28.7. The molecule has 1 amide bonds. The first-order valence-corrected chi connectivity index (χ1v) is 6.86. The van der Waals surface area contributed by atoms with E-state index in [4.69, 9.17) is 0 Å². The first kappa shape index (κ1) is 13.1. The summed E-state index contributed by atoms with van der Waals surface area (Å²) in [5.74, 6) is -0.0343. The Morgan fingerprint density at radius 3 is 1.38 bits per heavy atom. The van der Waals surface area contributed by atoms with E-state index in [1.54, 1.807) is 4.90 Å². The number of anilines is 2. The van der Waals surface area contributed by atoms with Gasteiger partial charge in [0.1, 0.15) is 0 Å². The SMILES string of the molecule is O=C(c1ccccc1)N(c1ccccc1)c1ccccc1. The monoisotopic (exact) mass is 273 g/mol. The first-order chi connectivity index (χ1) is 10.4. The average molecular weight is 273 g/mol. The number of hydrogen-bond donors (Lipinski definition) is 0. The molecule has 0 fully saturated rings. The summed E-state index contributed by atoms with van der Waals surface area (Å²) in [5, 5.41) is 0. The highest BCUT2D eigenvalue weighted by atomic mass is 16.2. The van der Waals surface area contributed by atoms with Gasteiger partial charge in [-0.25, -0.2) is 0 Å². The summed E-state index contributed by atoms with van der Waals surface area (Å²) >= 11 is 0. The maximum atomic E-state index is 12.9. The summed E-state index contributed by atoms with van der Waals surface area (Å²) < 4.78 is 0. The van der Waals surface area contributed by atoms with Crippen molar-refractivity contribution < 1.29 is 4.79 Å². The van der Waals surface area contributed by atoms with Crippen molar-refractivity contribution in [3.8, 4) is 0 Å². The largest absolute Gasteiger partial charge is 0.277 e. The maximum Gasteiger partial charge on any atom is 0.262 e. The Morgan fingerprint density at radius 2 is 0.952 bits per heavy atom. The van der Waals surface area contributed by atoms with Crippen LogP contribution >= 0.6 is 0 Å². The van der Waals surface area contributed by atoms with Crippen molar-refractivity contribution in [1.82, 2.24) is 0 Å². The highest BCUT2D eigenvalue weighted by molar-refractivity contribution is 6.10. The van der Waals surface area contributed by atoms with E-state index in [-0.39, 0.29) is 5.91 Å². The van der Waals surface area contributed by atoms with E-state index in [2.05, 4.69) is 0 Å². The fourth-order valence-electron chi connectivity index (χ4n) is 2.25. The van der Waals surface area contributed by atoms with Crippen LogP contribution in [0.25, 0.3) is 0 Å². The Balaban J connectivity index is 2.07. The maximum absolute atomic E-state index is 12.9. The molecular weight excluding hydrogens is 258 g/mol. The van der Waals surface area contributed by atoms with Gasteiger partial charge in [0, 0.05) is 16.9 Å². The molecule has 0 unspecified atom stereocenters. The first-order valence-electron chi connectivity index (χ1n) is 6.86. The van der Waals surface area contributed by atoms with Crippen LogP contribution in [0.4, 0.5) is 11.4 Å². The molecule has 0 aliphatic rings. The summed E-state index contributed by atoms with van der Waals surface area (Å²) in [5.41, 5.74) is 2.39. The Morgan fingerprint density at radius 1 is 0.571 bits per heavy atom. The van der Waals surface area contributed by atoms with E-state index in [1.165, 1.54) is 0 Å². The summed E-state index contributed by atoms with van der Waals surface area (Å²) in [6.45, 7) is 0. The van der Waals surface area contributed by atoms with Crippen molar-refractivity contribution in [3.63, 3.8) is 0 Å². The van der Waals surface area contributed by atoms with E-state index in [9.17, 15) is 4.79 Å². The molecule has 0 atom stereocenters. The fraction of sp³-hybridized carbons (Fsp3) is 0. The Bertz CT molecular complexity index is 669. The smallest absolute Gasteiger partial charge is 0.262 e. The van der Waals surface area contributed by atoms with Crippen molar-refractivity contribution in [3.05, 3.63) is 96.6 Å². The molecule has 2 heteroatoms. The third-order valence-electron chi connectivity index (χ3n) is 3.25. The molecule has 3 aromatic rings. The molecule has 0 radical (unpaired) electrons. The molecule has 0 saturated carbocycles. The fourth-order valence-corrected chi connectivity index (χ4v) is 2.25. The molecule has 0 aliphatic heterocycles. The number of carbonyl (C=O) groups is 1. The van der Waals surface area contributed by atoms with Gasteiger partial charge in [0.05, 0.1) is 0 Å². The molecule has 21 heavy (non-hydrogen) atoms. The molecule has 3 rings (SSSR count). The second-order valence-corrected chi connectivity index (χ2v) is 4.68. The Labute approximate surface area is 124 Å². The zero-order chi connectivity index (χ0) is 14.5.